The fourth-order valence-corrected chi connectivity index (χ4v) is 7.95. The highest BCUT2D eigenvalue weighted by Crippen LogP contribution is 2.56. The average Bonchev–Trinajstić information content (AvgIpc) is 3.68. The molecule has 10 heteroatoms. The number of amides is 2. The quantitative estimate of drug-likeness (QED) is 0.0856. The van der Waals surface area contributed by atoms with E-state index in [4.69, 9.17) is 21.3 Å². The number of imide groups is 1. The number of hydrogen-bond donors (Lipinski definition) is 0. The van der Waals surface area contributed by atoms with Gasteiger partial charge in [-0.15, -0.1) is 0 Å². The number of anilines is 1. The van der Waals surface area contributed by atoms with Gasteiger partial charge in [0.25, 0.3) is 0 Å². The van der Waals surface area contributed by atoms with Gasteiger partial charge in [0.15, 0.2) is 12.4 Å². The Morgan fingerprint density at radius 1 is 0.978 bits per heavy atom. The van der Waals surface area contributed by atoms with Crippen LogP contribution in [-0.2, 0) is 14.3 Å². The number of ether oxygens (including phenoxy) is 1. The van der Waals surface area contributed by atoms with E-state index in [2.05, 4.69) is 37.9 Å². The normalized spacial score (nSPS) is 21.8. The van der Waals surface area contributed by atoms with E-state index in [9.17, 15) is 19.2 Å². The summed E-state index contributed by atoms with van der Waals surface area (Å²) in [6.45, 7) is 3.43. The van der Waals surface area contributed by atoms with Crippen molar-refractivity contribution in [2.45, 2.75) is 20.3 Å². The molecule has 1 saturated carbocycles. The zero-order valence-electron chi connectivity index (χ0n) is 24.1. The third kappa shape index (κ3) is 4.96. The molecular weight excluding hydrogens is 724 g/mol. The lowest BCUT2D eigenvalue weighted by Crippen LogP contribution is -2.32. The zero-order chi connectivity index (χ0) is 31.7. The van der Waals surface area contributed by atoms with E-state index >= 15 is 0 Å². The van der Waals surface area contributed by atoms with Gasteiger partial charge in [-0.3, -0.25) is 19.3 Å². The first-order valence-corrected chi connectivity index (χ1v) is 16.4. The van der Waals surface area contributed by atoms with Crippen molar-refractivity contribution in [3.05, 3.63) is 103 Å². The van der Waals surface area contributed by atoms with Gasteiger partial charge < -0.3 is 4.74 Å². The van der Waals surface area contributed by atoms with Crippen LogP contribution in [0.5, 0.6) is 0 Å². The van der Waals surface area contributed by atoms with Crippen molar-refractivity contribution in [3.63, 3.8) is 0 Å². The van der Waals surface area contributed by atoms with Crippen molar-refractivity contribution in [2.75, 3.05) is 11.5 Å². The van der Waals surface area contributed by atoms with E-state index in [1.165, 1.54) is 10.5 Å². The standard InChI is InChI=1S/C35H25Br2ClN2O5/c1-16-11-20-12-23(16)30-29(20)33(42)40(34(30)43)22-9-5-18(6-10-22)27-14-25(24-13-26(37)31(38)17(2)32(24)39-27)35(44)45-15-28(41)19-3-7-21(36)8-4-19/h3-11,13-14,20,23,29-30H,12,15H2,1-2H3. The molecule has 4 atom stereocenters. The van der Waals surface area contributed by atoms with Crippen LogP contribution in [0.15, 0.2) is 81.3 Å². The smallest absolute Gasteiger partial charge is 0.339 e. The van der Waals surface area contributed by atoms with Crippen molar-refractivity contribution in [1.29, 1.82) is 0 Å². The molecule has 226 valence electrons. The van der Waals surface area contributed by atoms with Gasteiger partial charge in [-0.05, 0) is 90.0 Å². The second-order valence-electron chi connectivity index (χ2n) is 11.8. The number of benzene rings is 3. The predicted molar refractivity (Wildman–Crippen MR) is 178 cm³/mol. The minimum absolute atomic E-state index is 0.126. The molecule has 7 nitrogen and oxygen atoms in total. The fourth-order valence-electron chi connectivity index (χ4n) is 7.01. The van der Waals surface area contributed by atoms with Crippen LogP contribution in [0.3, 0.4) is 0 Å². The SMILES string of the molecule is CC1=CC2CC1C1C(=O)N(c3ccc(-c4cc(C(=O)OCC(=O)c5ccc(Br)cc5)c5cc(Br)c(Cl)c(C)c5n4)cc3)C(=O)C21. The van der Waals surface area contributed by atoms with E-state index in [-0.39, 0.29) is 46.8 Å². The molecule has 45 heavy (non-hydrogen) atoms. The minimum Gasteiger partial charge on any atom is -0.454 e. The Morgan fingerprint density at radius 2 is 1.67 bits per heavy atom. The molecule has 2 amide bonds. The summed E-state index contributed by atoms with van der Waals surface area (Å²) < 4.78 is 6.92. The summed E-state index contributed by atoms with van der Waals surface area (Å²) >= 11 is 13.3. The van der Waals surface area contributed by atoms with Gasteiger partial charge in [0, 0.05) is 25.5 Å². The van der Waals surface area contributed by atoms with Crippen LogP contribution in [0, 0.1) is 30.6 Å². The van der Waals surface area contributed by atoms with Crippen molar-refractivity contribution in [2.24, 2.45) is 23.7 Å². The minimum atomic E-state index is -0.683. The van der Waals surface area contributed by atoms with Crippen LogP contribution >= 0.6 is 43.5 Å². The fraction of sp³-hybridized carbons (Fsp3) is 0.229. The number of esters is 1. The maximum atomic E-state index is 13.5. The van der Waals surface area contributed by atoms with E-state index in [0.717, 1.165) is 10.9 Å². The molecule has 0 radical (unpaired) electrons. The highest BCUT2D eigenvalue weighted by atomic mass is 79.9. The van der Waals surface area contributed by atoms with Gasteiger partial charge in [0.05, 0.1) is 39.3 Å². The molecule has 2 aliphatic carbocycles. The number of halogens is 3. The molecule has 4 aromatic rings. The van der Waals surface area contributed by atoms with Gasteiger partial charge in [-0.1, -0.05) is 63.4 Å². The van der Waals surface area contributed by atoms with Crippen LogP contribution in [0.1, 0.15) is 39.6 Å². The maximum Gasteiger partial charge on any atom is 0.339 e. The molecule has 3 aromatic carbocycles. The Kier molecular flexibility index (Phi) is 7.54. The number of aryl methyl sites for hydroxylation is 1. The van der Waals surface area contributed by atoms with E-state index in [1.54, 1.807) is 60.7 Å². The predicted octanol–water partition coefficient (Wildman–Crippen LogP) is 8.13. The topological polar surface area (TPSA) is 93.6 Å². The Morgan fingerprint density at radius 3 is 2.38 bits per heavy atom. The van der Waals surface area contributed by atoms with Crippen LogP contribution < -0.4 is 4.90 Å². The van der Waals surface area contributed by atoms with Crippen LogP contribution in [0.25, 0.3) is 22.2 Å². The monoisotopic (exact) mass is 746 g/mol. The van der Waals surface area contributed by atoms with Crippen molar-refractivity contribution >= 4 is 83.6 Å². The van der Waals surface area contributed by atoms with E-state index in [0.29, 0.717) is 48.5 Å². The average molecular weight is 749 g/mol. The molecule has 1 aromatic heterocycles. The van der Waals surface area contributed by atoms with Crippen LogP contribution in [0.4, 0.5) is 5.69 Å². The largest absolute Gasteiger partial charge is 0.454 e. The summed E-state index contributed by atoms with van der Waals surface area (Å²) in [7, 11) is 0. The molecular formula is C35H25Br2ClN2O5. The number of carbonyl (C=O) groups is 4. The van der Waals surface area contributed by atoms with Gasteiger partial charge >= 0.3 is 5.97 Å². The summed E-state index contributed by atoms with van der Waals surface area (Å²) in [6.07, 6.45) is 3.03. The molecule has 0 spiro atoms. The number of allylic oxidation sites excluding steroid dienone is 2. The summed E-state index contributed by atoms with van der Waals surface area (Å²) in [5.41, 5.74) is 4.66. The van der Waals surface area contributed by atoms with Crippen molar-refractivity contribution < 1.29 is 23.9 Å². The Bertz CT molecular complexity index is 1990. The Balaban J connectivity index is 1.20. The number of Topliss-reactive ketones (excluding diaryl/α,β-unsaturated/α-hetero) is 1. The van der Waals surface area contributed by atoms with Crippen LogP contribution in [-0.4, -0.2) is 35.2 Å². The number of nitrogens with zero attached hydrogens (tertiary/aromatic N) is 2. The van der Waals surface area contributed by atoms with E-state index < -0.39 is 12.6 Å². The number of aromatic nitrogens is 1. The number of fused-ring (bicyclic) bond motifs is 6. The lowest BCUT2D eigenvalue weighted by atomic mass is 9.82. The molecule has 2 heterocycles. The van der Waals surface area contributed by atoms with Crippen molar-refractivity contribution in [3.8, 4) is 11.3 Å². The number of hydrogen-bond acceptors (Lipinski definition) is 6. The molecule has 1 saturated heterocycles. The van der Waals surface area contributed by atoms with Crippen molar-refractivity contribution in [1.82, 2.24) is 4.98 Å². The first kappa shape index (κ1) is 30.0. The van der Waals surface area contributed by atoms with Gasteiger partial charge in [0.1, 0.15) is 0 Å². The Hall–Kier alpha value is -3.66. The summed E-state index contributed by atoms with van der Waals surface area (Å²) in [5, 5.41) is 0.978. The summed E-state index contributed by atoms with van der Waals surface area (Å²) in [6, 6.07) is 17.2. The molecule has 2 fully saturated rings. The number of carbonyl (C=O) groups excluding carboxylic acids is 4. The third-order valence-corrected chi connectivity index (χ3v) is 11.1. The lowest BCUT2D eigenvalue weighted by molar-refractivity contribution is -0.123. The Labute approximate surface area is 280 Å². The number of pyridine rings is 1. The van der Waals surface area contributed by atoms with E-state index in [1.807, 2.05) is 13.8 Å². The molecule has 2 bridgehead atoms. The summed E-state index contributed by atoms with van der Waals surface area (Å²) in [4.78, 5) is 59.2. The third-order valence-electron chi connectivity index (χ3n) is 9.25. The zero-order valence-corrected chi connectivity index (χ0v) is 28.1. The second kappa shape index (κ2) is 11.3. The summed E-state index contributed by atoms with van der Waals surface area (Å²) in [5.74, 6) is -1.61. The molecule has 4 unspecified atom stereocenters. The van der Waals surface area contributed by atoms with Crippen LogP contribution in [0.2, 0.25) is 5.02 Å². The maximum absolute atomic E-state index is 13.5. The molecule has 0 N–H and O–H groups in total. The first-order chi connectivity index (χ1) is 21.5. The molecule has 3 aliphatic rings. The second-order valence-corrected chi connectivity index (χ2v) is 13.9. The number of rotatable bonds is 6. The number of ketones is 1. The highest BCUT2D eigenvalue weighted by Gasteiger charge is 2.60. The van der Waals surface area contributed by atoms with Gasteiger partial charge in [-0.2, -0.15) is 0 Å². The highest BCUT2D eigenvalue weighted by molar-refractivity contribution is 9.10. The molecule has 1 aliphatic heterocycles. The first-order valence-electron chi connectivity index (χ1n) is 14.4. The molecule has 7 rings (SSSR count). The van der Waals surface area contributed by atoms with Gasteiger partial charge in [-0.25, -0.2) is 9.78 Å². The lowest BCUT2D eigenvalue weighted by Gasteiger charge is -2.19. The van der Waals surface area contributed by atoms with Gasteiger partial charge in [0.2, 0.25) is 11.8 Å².